The van der Waals surface area contributed by atoms with Crippen LogP contribution in [0.1, 0.15) is 24.1 Å². The van der Waals surface area contributed by atoms with Gasteiger partial charge in [-0.1, -0.05) is 6.07 Å². The number of aromatic nitrogens is 2. The molecule has 124 valence electrons. The van der Waals surface area contributed by atoms with Crippen LogP contribution in [0.25, 0.3) is 0 Å². The molecule has 1 unspecified atom stereocenters. The van der Waals surface area contributed by atoms with Crippen molar-refractivity contribution in [3.05, 3.63) is 41.9 Å². The van der Waals surface area contributed by atoms with Crippen LogP contribution in [0.4, 0.5) is 5.82 Å². The molecular weight excluding hydrogens is 310 g/mol. The fourth-order valence-corrected chi connectivity index (χ4v) is 2.08. The van der Waals surface area contributed by atoms with Gasteiger partial charge in [-0.25, -0.2) is 4.98 Å². The third-order valence-corrected chi connectivity index (χ3v) is 3.19. The number of anilines is 1. The fraction of sp³-hybridized carbons (Fsp3) is 0.250. The highest BCUT2D eigenvalue weighted by atomic mass is 16.5. The summed E-state index contributed by atoms with van der Waals surface area (Å²) in [6.45, 7) is 1.37. The van der Waals surface area contributed by atoms with Crippen molar-refractivity contribution < 1.29 is 14.3 Å². The second-order valence-corrected chi connectivity index (χ2v) is 4.81. The third kappa shape index (κ3) is 3.89. The molecule has 1 atom stereocenters. The zero-order valence-corrected chi connectivity index (χ0v) is 13.5. The van der Waals surface area contributed by atoms with E-state index in [-0.39, 0.29) is 5.91 Å². The van der Waals surface area contributed by atoms with E-state index in [1.54, 1.807) is 25.3 Å². The summed E-state index contributed by atoms with van der Waals surface area (Å²) in [4.78, 5) is 19.3. The van der Waals surface area contributed by atoms with Crippen molar-refractivity contribution in [2.24, 2.45) is 0 Å². The van der Waals surface area contributed by atoms with Crippen molar-refractivity contribution in [1.82, 2.24) is 15.4 Å². The SMILES string of the molecule is COc1ccc(C(C#N)c2cncc(NNC(C)=O)n2)cc1OC. The van der Waals surface area contributed by atoms with Gasteiger partial charge in [0.1, 0.15) is 5.92 Å². The lowest BCUT2D eigenvalue weighted by Gasteiger charge is -2.14. The smallest absolute Gasteiger partial charge is 0.235 e. The van der Waals surface area contributed by atoms with Crippen LogP contribution in [0.3, 0.4) is 0 Å². The standard InChI is InChI=1S/C16H17N5O3/c1-10(22)20-21-16-9-18-8-13(19-16)12(7-17)11-4-5-14(23-2)15(6-11)24-3/h4-6,8-9,12H,1-3H3,(H,19,21)(H,20,22). The zero-order chi connectivity index (χ0) is 17.5. The Bertz CT molecular complexity index is 773. The lowest BCUT2D eigenvalue weighted by Crippen LogP contribution is -2.27. The van der Waals surface area contributed by atoms with E-state index in [1.165, 1.54) is 26.4 Å². The van der Waals surface area contributed by atoms with E-state index >= 15 is 0 Å². The molecule has 0 bridgehead atoms. The fourth-order valence-electron chi connectivity index (χ4n) is 2.08. The molecule has 1 amide bonds. The molecule has 0 aliphatic rings. The first-order chi connectivity index (χ1) is 11.6. The van der Waals surface area contributed by atoms with E-state index < -0.39 is 5.92 Å². The quantitative estimate of drug-likeness (QED) is 0.776. The number of carbonyl (C=O) groups is 1. The third-order valence-electron chi connectivity index (χ3n) is 3.19. The van der Waals surface area contributed by atoms with Gasteiger partial charge in [0.15, 0.2) is 17.3 Å². The number of carbonyl (C=O) groups excluding carboxylic acids is 1. The van der Waals surface area contributed by atoms with Crippen molar-refractivity contribution >= 4 is 11.7 Å². The van der Waals surface area contributed by atoms with E-state index in [9.17, 15) is 10.1 Å². The normalized spacial score (nSPS) is 11.1. The summed E-state index contributed by atoms with van der Waals surface area (Å²) in [5.74, 6) is 0.527. The Labute approximate surface area is 139 Å². The number of nitrogens with zero attached hydrogens (tertiary/aromatic N) is 3. The monoisotopic (exact) mass is 327 g/mol. The van der Waals surface area contributed by atoms with Crippen molar-refractivity contribution in [3.8, 4) is 17.6 Å². The van der Waals surface area contributed by atoms with Crippen LogP contribution in [-0.2, 0) is 4.79 Å². The zero-order valence-electron chi connectivity index (χ0n) is 13.5. The molecule has 0 radical (unpaired) electrons. The van der Waals surface area contributed by atoms with E-state index in [0.29, 0.717) is 28.6 Å². The van der Waals surface area contributed by atoms with E-state index in [4.69, 9.17) is 9.47 Å². The number of benzene rings is 1. The van der Waals surface area contributed by atoms with Crippen LogP contribution in [0.5, 0.6) is 11.5 Å². The number of nitrogens with one attached hydrogen (secondary N) is 2. The molecule has 0 aliphatic heterocycles. The number of rotatable bonds is 6. The first-order valence-corrected chi connectivity index (χ1v) is 7.05. The Morgan fingerprint density at radius 2 is 2.00 bits per heavy atom. The number of methoxy groups -OCH3 is 2. The minimum absolute atomic E-state index is 0.265. The van der Waals surface area contributed by atoms with Gasteiger partial charge in [0.05, 0.1) is 38.4 Å². The minimum atomic E-state index is -0.642. The summed E-state index contributed by atoms with van der Waals surface area (Å²) < 4.78 is 10.5. The molecule has 8 heteroatoms. The highest BCUT2D eigenvalue weighted by Gasteiger charge is 2.18. The van der Waals surface area contributed by atoms with Gasteiger partial charge in [0.2, 0.25) is 5.91 Å². The van der Waals surface area contributed by atoms with Crippen molar-refractivity contribution in [2.75, 3.05) is 19.6 Å². The highest BCUT2D eigenvalue weighted by Crippen LogP contribution is 2.32. The van der Waals surface area contributed by atoms with Crippen LogP contribution in [0.2, 0.25) is 0 Å². The first-order valence-electron chi connectivity index (χ1n) is 7.05. The van der Waals surface area contributed by atoms with Crippen molar-refractivity contribution in [3.63, 3.8) is 0 Å². The van der Waals surface area contributed by atoms with Gasteiger partial charge in [0, 0.05) is 6.92 Å². The van der Waals surface area contributed by atoms with Crippen LogP contribution < -0.4 is 20.3 Å². The van der Waals surface area contributed by atoms with Gasteiger partial charge in [-0.05, 0) is 17.7 Å². The van der Waals surface area contributed by atoms with E-state index in [1.807, 2.05) is 0 Å². The Morgan fingerprint density at radius 3 is 2.62 bits per heavy atom. The molecule has 2 aromatic rings. The summed E-state index contributed by atoms with van der Waals surface area (Å²) in [5, 5.41) is 9.55. The summed E-state index contributed by atoms with van der Waals surface area (Å²) in [7, 11) is 3.07. The molecule has 24 heavy (non-hydrogen) atoms. The maximum atomic E-state index is 10.9. The predicted molar refractivity (Wildman–Crippen MR) is 86.5 cm³/mol. The molecule has 0 saturated carbocycles. The Balaban J connectivity index is 2.33. The summed E-state index contributed by atoms with van der Waals surface area (Å²) >= 11 is 0. The maximum absolute atomic E-state index is 10.9. The lowest BCUT2D eigenvalue weighted by molar-refractivity contribution is -0.118. The molecule has 1 heterocycles. The Kier molecular flexibility index (Phi) is 5.52. The van der Waals surface area contributed by atoms with Crippen molar-refractivity contribution in [1.29, 1.82) is 5.26 Å². The number of amides is 1. The topological polar surface area (TPSA) is 109 Å². The van der Waals surface area contributed by atoms with Gasteiger partial charge in [-0.15, -0.1) is 0 Å². The molecule has 2 N–H and O–H groups in total. The van der Waals surface area contributed by atoms with Gasteiger partial charge >= 0.3 is 0 Å². The molecule has 0 saturated heterocycles. The van der Waals surface area contributed by atoms with Crippen LogP contribution >= 0.6 is 0 Å². The number of hydrogen-bond acceptors (Lipinski definition) is 7. The average molecular weight is 327 g/mol. The molecule has 0 aliphatic carbocycles. The molecule has 0 spiro atoms. The maximum Gasteiger partial charge on any atom is 0.235 e. The van der Waals surface area contributed by atoms with Crippen molar-refractivity contribution in [2.45, 2.75) is 12.8 Å². The van der Waals surface area contributed by atoms with Crippen LogP contribution in [0.15, 0.2) is 30.6 Å². The Hall–Kier alpha value is -3.34. The second-order valence-electron chi connectivity index (χ2n) is 4.81. The average Bonchev–Trinajstić information content (AvgIpc) is 2.60. The van der Waals surface area contributed by atoms with Gasteiger partial charge < -0.3 is 9.47 Å². The van der Waals surface area contributed by atoms with Gasteiger partial charge in [0.25, 0.3) is 0 Å². The van der Waals surface area contributed by atoms with Gasteiger partial charge in [-0.3, -0.25) is 20.6 Å². The number of hydrazine groups is 1. The minimum Gasteiger partial charge on any atom is -0.493 e. The largest absolute Gasteiger partial charge is 0.493 e. The molecular formula is C16H17N5O3. The molecule has 8 nitrogen and oxygen atoms in total. The second kappa shape index (κ2) is 7.78. The highest BCUT2D eigenvalue weighted by molar-refractivity contribution is 5.74. The first kappa shape index (κ1) is 17.0. The van der Waals surface area contributed by atoms with E-state index in [0.717, 1.165) is 0 Å². The van der Waals surface area contributed by atoms with Crippen LogP contribution in [0, 0.1) is 11.3 Å². The van der Waals surface area contributed by atoms with Gasteiger partial charge in [-0.2, -0.15) is 5.26 Å². The Morgan fingerprint density at radius 1 is 1.25 bits per heavy atom. The molecule has 2 rings (SSSR count). The van der Waals surface area contributed by atoms with Crippen LogP contribution in [-0.4, -0.2) is 30.1 Å². The lowest BCUT2D eigenvalue weighted by atomic mass is 9.97. The summed E-state index contributed by atoms with van der Waals surface area (Å²) in [6, 6.07) is 7.42. The number of hydrogen-bond donors (Lipinski definition) is 2. The summed E-state index contributed by atoms with van der Waals surface area (Å²) in [5.41, 5.74) is 6.18. The molecule has 1 aromatic carbocycles. The molecule has 1 aromatic heterocycles. The molecule has 0 fully saturated rings. The summed E-state index contributed by atoms with van der Waals surface area (Å²) in [6.07, 6.45) is 2.95. The number of ether oxygens (including phenoxy) is 2. The van der Waals surface area contributed by atoms with E-state index in [2.05, 4.69) is 26.9 Å². The number of nitriles is 1. The predicted octanol–water partition coefficient (Wildman–Crippen LogP) is 1.61.